The quantitative estimate of drug-likeness (QED) is 0.575. The molecular formula is C24H37N3O4. The molecule has 0 aromatic heterocycles. The number of carbonyl (C=O) groups excluding carboxylic acids is 4. The first kappa shape index (κ1) is 22.3. The molecule has 0 radical (unpaired) electrons. The molecule has 2 saturated carbocycles. The molecule has 4 aliphatic rings. The smallest absolute Gasteiger partial charge is 0.243 e. The molecule has 0 bridgehead atoms. The average Bonchev–Trinajstić information content (AvgIpc) is 3.13. The van der Waals surface area contributed by atoms with E-state index in [0.29, 0.717) is 44.2 Å². The van der Waals surface area contributed by atoms with Crippen LogP contribution < -0.4 is 10.6 Å². The Morgan fingerprint density at radius 3 is 2.61 bits per heavy atom. The summed E-state index contributed by atoms with van der Waals surface area (Å²) in [5.74, 6) is 0.675. The fraction of sp³-hybridized carbons (Fsp3) is 0.833. The van der Waals surface area contributed by atoms with E-state index in [9.17, 15) is 19.2 Å². The van der Waals surface area contributed by atoms with Crippen LogP contribution in [0, 0.1) is 29.1 Å². The molecule has 4 fully saturated rings. The van der Waals surface area contributed by atoms with Gasteiger partial charge < -0.3 is 20.3 Å². The van der Waals surface area contributed by atoms with E-state index in [1.54, 1.807) is 4.90 Å². The minimum Gasteiger partial charge on any atom is -0.356 e. The number of nitrogens with one attached hydrogen (secondary N) is 2. The maximum absolute atomic E-state index is 13.3. The van der Waals surface area contributed by atoms with Gasteiger partial charge >= 0.3 is 0 Å². The van der Waals surface area contributed by atoms with Gasteiger partial charge in [0.2, 0.25) is 17.7 Å². The van der Waals surface area contributed by atoms with Crippen molar-refractivity contribution in [1.82, 2.24) is 15.5 Å². The fourth-order valence-corrected chi connectivity index (χ4v) is 6.38. The molecule has 31 heavy (non-hydrogen) atoms. The summed E-state index contributed by atoms with van der Waals surface area (Å²) >= 11 is 0. The Morgan fingerprint density at radius 2 is 1.97 bits per heavy atom. The molecule has 2 aliphatic carbocycles. The van der Waals surface area contributed by atoms with Crippen molar-refractivity contribution in [1.29, 1.82) is 0 Å². The molecule has 4 rings (SSSR count). The number of likely N-dealkylation sites (tertiary alicyclic amines) is 1. The molecule has 2 N–H and O–H groups in total. The standard InChI is InChI=1S/C24H37N3O4/c1-24(2)18-13-27(19(29)9-8-15-6-4-3-5-7-15)21(20(18)24)23(31)26-17(14-28)12-16-10-11-25-22(16)30/h14-18,20-21H,3-13H2,1-2H3,(H,25,30)(H,26,31)/t16-,17-,18-,20-,21-/m0/s1. The van der Waals surface area contributed by atoms with Crippen LogP contribution in [-0.2, 0) is 19.2 Å². The van der Waals surface area contributed by atoms with Crippen molar-refractivity contribution in [2.24, 2.45) is 29.1 Å². The maximum Gasteiger partial charge on any atom is 0.243 e. The Kier molecular flexibility index (Phi) is 6.40. The van der Waals surface area contributed by atoms with Crippen LogP contribution in [0.3, 0.4) is 0 Å². The van der Waals surface area contributed by atoms with Gasteiger partial charge in [-0.25, -0.2) is 0 Å². The van der Waals surface area contributed by atoms with Gasteiger partial charge in [0, 0.05) is 25.4 Å². The molecule has 0 unspecified atom stereocenters. The summed E-state index contributed by atoms with van der Waals surface area (Å²) in [4.78, 5) is 51.6. The lowest BCUT2D eigenvalue weighted by molar-refractivity contribution is -0.141. The van der Waals surface area contributed by atoms with E-state index in [1.165, 1.54) is 32.1 Å². The molecule has 5 atom stereocenters. The average molecular weight is 432 g/mol. The first-order valence-corrected chi connectivity index (χ1v) is 12.2. The zero-order valence-corrected chi connectivity index (χ0v) is 18.9. The molecule has 3 amide bonds. The Labute approximate surface area is 185 Å². The third-order valence-electron chi connectivity index (χ3n) is 8.48. The number of hydrogen-bond donors (Lipinski definition) is 2. The second kappa shape index (κ2) is 8.91. The van der Waals surface area contributed by atoms with Crippen LogP contribution >= 0.6 is 0 Å². The second-order valence-corrected chi connectivity index (χ2v) is 10.8. The van der Waals surface area contributed by atoms with Gasteiger partial charge in [0.1, 0.15) is 12.3 Å². The number of piperidine rings is 1. The third kappa shape index (κ3) is 4.51. The van der Waals surface area contributed by atoms with Gasteiger partial charge in [0.15, 0.2) is 0 Å². The van der Waals surface area contributed by atoms with Crippen molar-refractivity contribution in [3.8, 4) is 0 Å². The zero-order chi connectivity index (χ0) is 22.2. The first-order chi connectivity index (χ1) is 14.8. The normalized spacial score (nSPS) is 32.8. The van der Waals surface area contributed by atoms with Crippen molar-refractivity contribution in [2.75, 3.05) is 13.1 Å². The van der Waals surface area contributed by atoms with Crippen LogP contribution in [-0.4, -0.2) is 54.1 Å². The second-order valence-electron chi connectivity index (χ2n) is 10.8. The highest BCUT2D eigenvalue weighted by Gasteiger charge is 2.69. The van der Waals surface area contributed by atoms with Gasteiger partial charge in [0.05, 0.1) is 6.04 Å². The summed E-state index contributed by atoms with van der Waals surface area (Å²) in [5.41, 5.74) is 0.0458. The number of nitrogens with zero attached hydrogens (tertiary/aromatic N) is 1. The fourth-order valence-electron chi connectivity index (χ4n) is 6.38. The summed E-state index contributed by atoms with van der Waals surface area (Å²) in [7, 11) is 0. The molecule has 7 nitrogen and oxygen atoms in total. The zero-order valence-electron chi connectivity index (χ0n) is 18.9. The van der Waals surface area contributed by atoms with Gasteiger partial charge in [-0.15, -0.1) is 0 Å². The minimum absolute atomic E-state index is 0.0458. The maximum atomic E-state index is 13.3. The van der Waals surface area contributed by atoms with Crippen LogP contribution in [0.1, 0.15) is 71.6 Å². The lowest BCUT2D eigenvalue weighted by Crippen LogP contribution is -2.52. The van der Waals surface area contributed by atoms with E-state index < -0.39 is 12.1 Å². The van der Waals surface area contributed by atoms with Crippen LogP contribution in [0.2, 0.25) is 0 Å². The van der Waals surface area contributed by atoms with E-state index in [2.05, 4.69) is 24.5 Å². The molecule has 2 saturated heterocycles. The van der Waals surface area contributed by atoms with Crippen molar-refractivity contribution in [2.45, 2.75) is 83.7 Å². The molecule has 2 aliphatic heterocycles. The summed E-state index contributed by atoms with van der Waals surface area (Å²) < 4.78 is 0. The minimum atomic E-state index is -0.693. The van der Waals surface area contributed by atoms with Gasteiger partial charge in [-0.1, -0.05) is 46.0 Å². The topological polar surface area (TPSA) is 95.6 Å². The highest BCUT2D eigenvalue weighted by atomic mass is 16.2. The Balaban J connectivity index is 1.37. The monoisotopic (exact) mass is 431 g/mol. The van der Waals surface area contributed by atoms with Gasteiger partial charge in [-0.3, -0.25) is 14.4 Å². The van der Waals surface area contributed by atoms with Gasteiger partial charge in [-0.2, -0.15) is 0 Å². The number of fused-ring (bicyclic) bond motifs is 1. The lowest BCUT2D eigenvalue weighted by Gasteiger charge is -2.31. The molecule has 0 spiro atoms. The summed E-state index contributed by atoms with van der Waals surface area (Å²) in [6, 6.07) is -1.19. The first-order valence-electron chi connectivity index (χ1n) is 12.2. The Morgan fingerprint density at radius 1 is 1.23 bits per heavy atom. The van der Waals surface area contributed by atoms with Gasteiger partial charge in [-0.05, 0) is 42.4 Å². The SMILES string of the molecule is CC1(C)[C@@H]2[C@@H](C(=O)N[C@H](C=O)C[C@@H]3CCNC3=O)N(C(=O)CCC3CCCCC3)C[C@@H]21. The molecule has 0 aromatic carbocycles. The predicted molar refractivity (Wildman–Crippen MR) is 116 cm³/mol. The van der Waals surface area contributed by atoms with E-state index in [1.807, 2.05) is 0 Å². The highest BCUT2D eigenvalue weighted by molar-refractivity contribution is 5.91. The van der Waals surface area contributed by atoms with Crippen LogP contribution in [0.4, 0.5) is 0 Å². The van der Waals surface area contributed by atoms with E-state index in [0.717, 1.165) is 12.7 Å². The largest absolute Gasteiger partial charge is 0.356 e. The highest BCUT2D eigenvalue weighted by Crippen LogP contribution is 2.64. The summed E-state index contributed by atoms with van der Waals surface area (Å²) in [5, 5.41) is 5.63. The van der Waals surface area contributed by atoms with Crippen LogP contribution in [0.15, 0.2) is 0 Å². The summed E-state index contributed by atoms with van der Waals surface area (Å²) in [6.07, 6.45) is 9.41. The molecular weight excluding hydrogens is 394 g/mol. The molecule has 2 heterocycles. The molecule has 172 valence electrons. The molecule has 7 heteroatoms. The van der Waals surface area contributed by atoms with Gasteiger partial charge in [0.25, 0.3) is 0 Å². The van der Waals surface area contributed by atoms with Crippen molar-refractivity contribution in [3.05, 3.63) is 0 Å². The Hall–Kier alpha value is -1.92. The Bertz CT molecular complexity index is 730. The number of aldehydes is 1. The van der Waals surface area contributed by atoms with E-state index in [4.69, 9.17) is 0 Å². The van der Waals surface area contributed by atoms with Crippen LogP contribution in [0.5, 0.6) is 0 Å². The van der Waals surface area contributed by atoms with Crippen molar-refractivity contribution >= 4 is 24.0 Å². The van der Waals surface area contributed by atoms with Crippen LogP contribution in [0.25, 0.3) is 0 Å². The molecule has 0 aromatic rings. The predicted octanol–water partition coefficient (Wildman–Crippen LogP) is 2.04. The van der Waals surface area contributed by atoms with E-state index in [-0.39, 0.29) is 35.0 Å². The summed E-state index contributed by atoms with van der Waals surface area (Å²) in [6.45, 7) is 5.57. The van der Waals surface area contributed by atoms with Crippen molar-refractivity contribution in [3.63, 3.8) is 0 Å². The third-order valence-corrected chi connectivity index (χ3v) is 8.48. The number of rotatable bonds is 8. The van der Waals surface area contributed by atoms with E-state index >= 15 is 0 Å². The number of amides is 3. The number of carbonyl (C=O) groups is 4. The number of hydrogen-bond acceptors (Lipinski definition) is 4. The van der Waals surface area contributed by atoms with Crippen molar-refractivity contribution < 1.29 is 19.2 Å². The lowest BCUT2D eigenvalue weighted by atomic mass is 9.86.